The highest BCUT2D eigenvalue weighted by Gasteiger charge is 2.15. The van der Waals surface area contributed by atoms with E-state index in [-0.39, 0.29) is 12.5 Å². The maximum absolute atomic E-state index is 11.6. The van der Waals surface area contributed by atoms with Crippen LogP contribution in [0.2, 0.25) is 0 Å². The molecule has 0 spiro atoms. The van der Waals surface area contributed by atoms with Crippen molar-refractivity contribution in [2.24, 2.45) is 5.92 Å². The monoisotopic (exact) mass is 347 g/mol. The minimum Gasteiger partial charge on any atom is -0.481 e. The van der Waals surface area contributed by atoms with Crippen molar-refractivity contribution in [3.05, 3.63) is 35.4 Å². The molecule has 1 aromatic carbocycles. The van der Waals surface area contributed by atoms with Crippen LogP contribution in [0.25, 0.3) is 0 Å². The summed E-state index contributed by atoms with van der Waals surface area (Å²) in [6.07, 6.45) is 3.07. The number of rotatable bonds is 8. The average molecular weight is 347 g/mol. The molecular formula is C19H29N3O3. The Labute approximate surface area is 149 Å². The van der Waals surface area contributed by atoms with E-state index in [2.05, 4.69) is 34.6 Å². The summed E-state index contributed by atoms with van der Waals surface area (Å²) in [6.45, 7) is 6.49. The molecule has 1 aliphatic rings. The van der Waals surface area contributed by atoms with Gasteiger partial charge in [0.05, 0.1) is 0 Å². The number of carboxylic acids is 1. The normalized spacial score (nSPS) is 15.7. The Morgan fingerprint density at radius 1 is 1.12 bits per heavy atom. The summed E-state index contributed by atoms with van der Waals surface area (Å²) in [6, 6.07) is 8.08. The van der Waals surface area contributed by atoms with E-state index < -0.39 is 5.97 Å². The van der Waals surface area contributed by atoms with Crippen molar-refractivity contribution in [3.63, 3.8) is 0 Å². The molecule has 25 heavy (non-hydrogen) atoms. The lowest BCUT2D eigenvalue weighted by Gasteiger charge is -2.30. The van der Waals surface area contributed by atoms with Crippen LogP contribution in [0.3, 0.4) is 0 Å². The first kappa shape index (κ1) is 19.2. The number of likely N-dealkylation sites (tertiary alicyclic amines) is 1. The Morgan fingerprint density at radius 2 is 1.76 bits per heavy atom. The van der Waals surface area contributed by atoms with Gasteiger partial charge in [-0.2, -0.15) is 0 Å². The molecule has 1 saturated heterocycles. The summed E-state index contributed by atoms with van der Waals surface area (Å²) in [4.78, 5) is 24.5. The fourth-order valence-corrected chi connectivity index (χ4v) is 2.93. The van der Waals surface area contributed by atoms with Crippen LogP contribution in [0.4, 0.5) is 4.79 Å². The molecule has 0 unspecified atom stereocenters. The summed E-state index contributed by atoms with van der Waals surface area (Å²) in [5.41, 5.74) is 2.35. The van der Waals surface area contributed by atoms with Crippen molar-refractivity contribution in [2.75, 3.05) is 19.6 Å². The lowest BCUT2D eigenvalue weighted by Crippen LogP contribution is -2.35. The van der Waals surface area contributed by atoms with E-state index in [1.54, 1.807) is 0 Å². The number of urea groups is 1. The van der Waals surface area contributed by atoms with Gasteiger partial charge in [-0.15, -0.1) is 0 Å². The largest absolute Gasteiger partial charge is 0.481 e. The van der Waals surface area contributed by atoms with Gasteiger partial charge in [-0.1, -0.05) is 31.2 Å². The zero-order valence-corrected chi connectivity index (χ0v) is 15.0. The Bertz CT molecular complexity index is 552. The summed E-state index contributed by atoms with van der Waals surface area (Å²) < 4.78 is 0. The molecule has 0 atom stereocenters. The molecule has 0 radical (unpaired) electrons. The van der Waals surface area contributed by atoms with E-state index in [0.717, 1.165) is 18.0 Å². The van der Waals surface area contributed by atoms with Gasteiger partial charge in [-0.25, -0.2) is 4.79 Å². The van der Waals surface area contributed by atoms with Gasteiger partial charge < -0.3 is 15.7 Å². The van der Waals surface area contributed by atoms with Crippen molar-refractivity contribution >= 4 is 12.0 Å². The maximum atomic E-state index is 11.6. The molecular weight excluding hydrogens is 318 g/mol. The molecule has 2 amide bonds. The summed E-state index contributed by atoms with van der Waals surface area (Å²) in [7, 11) is 0. The number of aliphatic carboxylic acids is 1. The number of carbonyl (C=O) groups is 2. The van der Waals surface area contributed by atoms with Crippen LogP contribution in [-0.2, 0) is 17.9 Å². The van der Waals surface area contributed by atoms with E-state index in [0.29, 0.717) is 19.5 Å². The fourth-order valence-electron chi connectivity index (χ4n) is 2.93. The smallest absolute Gasteiger partial charge is 0.315 e. The van der Waals surface area contributed by atoms with E-state index in [4.69, 9.17) is 5.11 Å². The SMILES string of the molecule is CC1CCN(Cc2ccc(CNC(=O)NCCCC(=O)O)cc2)CC1. The van der Waals surface area contributed by atoms with Crippen molar-refractivity contribution < 1.29 is 14.7 Å². The van der Waals surface area contributed by atoms with Crippen LogP contribution in [0.5, 0.6) is 0 Å². The fraction of sp³-hybridized carbons (Fsp3) is 0.579. The zero-order valence-electron chi connectivity index (χ0n) is 15.0. The molecule has 3 N–H and O–H groups in total. The highest BCUT2D eigenvalue weighted by Crippen LogP contribution is 2.18. The highest BCUT2D eigenvalue weighted by molar-refractivity contribution is 5.73. The molecule has 2 rings (SSSR count). The van der Waals surface area contributed by atoms with Gasteiger partial charge in [-0.05, 0) is 49.4 Å². The van der Waals surface area contributed by atoms with Gasteiger partial charge >= 0.3 is 12.0 Å². The maximum Gasteiger partial charge on any atom is 0.315 e. The number of benzene rings is 1. The Kier molecular flexibility index (Phi) is 7.73. The summed E-state index contributed by atoms with van der Waals surface area (Å²) >= 11 is 0. The third-order valence-electron chi connectivity index (χ3n) is 4.61. The predicted molar refractivity (Wildman–Crippen MR) is 97.2 cm³/mol. The minimum absolute atomic E-state index is 0.0671. The molecule has 0 bridgehead atoms. The van der Waals surface area contributed by atoms with Crippen LogP contribution in [0.1, 0.15) is 43.7 Å². The second kappa shape index (κ2) is 10.0. The average Bonchev–Trinajstić information content (AvgIpc) is 2.60. The van der Waals surface area contributed by atoms with Crippen molar-refractivity contribution in [1.29, 1.82) is 0 Å². The first-order chi connectivity index (χ1) is 12.0. The zero-order chi connectivity index (χ0) is 18.1. The molecule has 0 aromatic heterocycles. The Morgan fingerprint density at radius 3 is 2.40 bits per heavy atom. The van der Waals surface area contributed by atoms with Gasteiger partial charge in [0.25, 0.3) is 0 Å². The first-order valence-corrected chi connectivity index (χ1v) is 9.06. The molecule has 1 aliphatic heterocycles. The Balaban J connectivity index is 1.66. The molecule has 1 aromatic rings. The van der Waals surface area contributed by atoms with Crippen LogP contribution in [-0.4, -0.2) is 41.6 Å². The topological polar surface area (TPSA) is 81.7 Å². The number of piperidine rings is 1. The van der Waals surface area contributed by atoms with Gasteiger partial charge in [0, 0.05) is 26.1 Å². The molecule has 6 nitrogen and oxygen atoms in total. The van der Waals surface area contributed by atoms with Gasteiger partial charge in [-0.3, -0.25) is 9.69 Å². The second-order valence-electron chi connectivity index (χ2n) is 6.88. The van der Waals surface area contributed by atoms with Crippen LogP contribution < -0.4 is 10.6 Å². The lowest BCUT2D eigenvalue weighted by molar-refractivity contribution is -0.137. The molecule has 1 fully saturated rings. The van der Waals surface area contributed by atoms with Crippen molar-refractivity contribution in [1.82, 2.24) is 15.5 Å². The summed E-state index contributed by atoms with van der Waals surface area (Å²) in [5, 5.41) is 14.0. The lowest BCUT2D eigenvalue weighted by atomic mass is 9.99. The minimum atomic E-state index is -0.846. The molecule has 138 valence electrons. The third kappa shape index (κ3) is 7.56. The third-order valence-corrected chi connectivity index (χ3v) is 4.61. The molecule has 1 heterocycles. The van der Waals surface area contributed by atoms with E-state index in [1.165, 1.54) is 31.5 Å². The number of nitrogens with one attached hydrogen (secondary N) is 2. The van der Waals surface area contributed by atoms with Crippen LogP contribution in [0, 0.1) is 5.92 Å². The molecule has 6 heteroatoms. The number of carboxylic acid groups (broad SMARTS) is 1. The number of nitrogens with zero attached hydrogens (tertiary/aromatic N) is 1. The second-order valence-corrected chi connectivity index (χ2v) is 6.88. The van der Waals surface area contributed by atoms with Gasteiger partial charge in [0.15, 0.2) is 0 Å². The standard InChI is InChI=1S/C19H29N3O3/c1-15-8-11-22(12-9-15)14-17-6-4-16(5-7-17)13-21-19(25)20-10-2-3-18(23)24/h4-7,15H,2-3,8-14H2,1H3,(H,23,24)(H2,20,21,25). The van der Waals surface area contributed by atoms with Gasteiger partial charge in [0.2, 0.25) is 0 Å². The molecule has 0 aliphatic carbocycles. The van der Waals surface area contributed by atoms with Crippen LogP contribution >= 0.6 is 0 Å². The van der Waals surface area contributed by atoms with Crippen LogP contribution in [0.15, 0.2) is 24.3 Å². The van der Waals surface area contributed by atoms with Crippen molar-refractivity contribution in [2.45, 2.75) is 45.7 Å². The predicted octanol–water partition coefficient (Wildman–Crippen LogP) is 2.58. The number of hydrogen-bond acceptors (Lipinski definition) is 3. The summed E-state index contributed by atoms with van der Waals surface area (Å²) in [5.74, 6) is 0.00124. The van der Waals surface area contributed by atoms with E-state index in [9.17, 15) is 9.59 Å². The Hall–Kier alpha value is -2.08. The van der Waals surface area contributed by atoms with Crippen molar-refractivity contribution in [3.8, 4) is 0 Å². The van der Waals surface area contributed by atoms with Gasteiger partial charge in [0.1, 0.15) is 0 Å². The highest BCUT2D eigenvalue weighted by atomic mass is 16.4. The van der Waals surface area contributed by atoms with E-state index in [1.807, 2.05) is 12.1 Å². The number of hydrogen-bond donors (Lipinski definition) is 3. The quantitative estimate of drug-likeness (QED) is 0.631. The first-order valence-electron chi connectivity index (χ1n) is 9.06. The molecule has 0 saturated carbocycles. The number of amides is 2. The number of carbonyl (C=O) groups excluding carboxylic acids is 1. The van der Waals surface area contributed by atoms with E-state index >= 15 is 0 Å².